The predicted octanol–water partition coefficient (Wildman–Crippen LogP) is 3.84. The van der Waals surface area contributed by atoms with Crippen molar-refractivity contribution in [1.29, 1.82) is 0 Å². The predicted molar refractivity (Wildman–Crippen MR) is 69.2 cm³/mol. The van der Waals surface area contributed by atoms with E-state index in [0.29, 0.717) is 5.69 Å². The monoisotopic (exact) mass is 223 g/mol. The quantitative estimate of drug-likeness (QED) is 0.517. The highest BCUT2D eigenvalue weighted by atomic mass is 32.1. The lowest BCUT2D eigenvalue weighted by atomic mass is 10.0. The minimum absolute atomic E-state index is 0.0754. The van der Waals surface area contributed by atoms with Gasteiger partial charge in [0.2, 0.25) is 0 Å². The molecule has 0 fully saturated rings. The lowest BCUT2D eigenvalue weighted by Gasteiger charge is -2.05. The van der Waals surface area contributed by atoms with Gasteiger partial charge in [-0.05, 0) is 43.7 Å². The van der Waals surface area contributed by atoms with Crippen LogP contribution < -0.4 is 0 Å². The van der Waals surface area contributed by atoms with Crippen LogP contribution in [0.5, 0.6) is 0 Å². The van der Waals surface area contributed by atoms with E-state index in [1.807, 2.05) is 27.7 Å². The fraction of sp³-hybridized carbons (Fsp3) is 0.333. The Kier molecular flexibility index (Phi) is 3.35. The topological polar surface area (TPSA) is 36.0 Å². The Morgan fingerprint density at radius 2 is 1.87 bits per heavy atom. The molecule has 1 heterocycles. The number of hydrogen-bond acceptors (Lipinski definition) is 2. The molecule has 0 saturated heterocycles. The Morgan fingerprint density at radius 1 is 1.33 bits per heavy atom. The fourth-order valence-corrected chi connectivity index (χ4v) is 1.89. The zero-order chi connectivity index (χ0) is 11.7. The Hall–Kier alpha value is -1.09. The molecule has 3 heteroatoms. The number of hydrogen-bond donors (Lipinski definition) is 3. The fourth-order valence-electron chi connectivity index (χ4n) is 1.78. The van der Waals surface area contributed by atoms with Gasteiger partial charge in [0.1, 0.15) is 5.76 Å². The summed E-state index contributed by atoms with van der Waals surface area (Å²) < 4.78 is 0. The lowest BCUT2D eigenvalue weighted by Crippen LogP contribution is -1.87. The van der Waals surface area contributed by atoms with E-state index in [1.165, 1.54) is 0 Å². The number of aliphatic hydroxyl groups is 1. The summed E-state index contributed by atoms with van der Waals surface area (Å²) in [7, 11) is 0. The van der Waals surface area contributed by atoms with Crippen LogP contribution in [0.4, 0.5) is 0 Å². The summed E-state index contributed by atoms with van der Waals surface area (Å²) in [4.78, 5) is 4.11. The average molecular weight is 223 g/mol. The molecule has 1 aromatic rings. The third kappa shape index (κ3) is 2.12. The number of aromatic nitrogens is 1. The molecule has 0 unspecified atom stereocenters. The molecule has 0 aliphatic heterocycles. The van der Waals surface area contributed by atoms with Crippen molar-refractivity contribution in [3.63, 3.8) is 0 Å². The first-order chi connectivity index (χ1) is 6.86. The Balaban J connectivity index is 3.45. The number of rotatable bonds is 2. The van der Waals surface area contributed by atoms with Crippen molar-refractivity contribution in [3.05, 3.63) is 34.0 Å². The van der Waals surface area contributed by atoms with E-state index in [2.05, 4.69) is 24.2 Å². The molecular weight excluding hydrogens is 206 g/mol. The molecule has 2 nitrogen and oxygen atoms in total. The van der Waals surface area contributed by atoms with Gasteiger partial charge in [-0.15, -0.1) is 12.6 Å². The summed E-state index contributed by atoms with van der Waals surface area (Å²) in [6, 6.07) is 0. The second-order valence-electron chi connectivity index (χ2n) is 3.78. The number of thiol groups is 1. The Bertz CT molecular complexity index is 437. The smallest absolute Gasteiger partial charge is 0.132 e. The van der Waals surface area contributed by atoms with Crippen LogP contribution in [0.2, 0.25) is 0 Å². The molecule has 1 rings (SSSR count). The summed E-state index contributed by atoms with van der Waals surface area (Å²) in [6.45, 7) is 11.5. The highest BCUT2D eigenvalue weighted by Crippen LogP contribution is 2.30. The van der Waals surface area contributed by atoms with Crippen LogP contribution in [0, 0.1) is 13.8 Å². The van der Waals surface area contributed by atoms with Crippen molar-refractivity contribution >= 4 is 24.0 Å². The molecule has 0 aromatic carbocycles. The minimum Gasteiger partial charge on any atom is -0.506 e. The van der Waals surface area contributed by atoms with E-state index in [1.54, 1.807) is 0 Å². The highest BCUT2D eigenvalue weighted by molar-refractivity contribution is 7.84. The summed E-state index contributed by atoms with van der Waals surface area (Å²) in [5, 5.41) is 9.40. The van der Waals surface area contributed by atoms with E-state index < -0.39 is 0 Å². The first-order valence-electron chi connectivity index (χ1n) is 4.80. The maximum Gasteiger partial charge on any atom is 0.132 e. The number of H-pyrrole nitrogens is 1. The standard InChI is InChI=1S/C12H17NOS/c1-6(10(5)15)11-7(2)12(9(4)14)13-8(11)3/h13-15H,4H2,1-3,5H3/b10-6-. The van der Waals surface area contributed by atoms with Crippen LogP contribution in [0.1, 0.15) is 36.4 Å². The van der Waals surface area contributed by atoms with Gasteiger partial charge in [-0.2, -0.15) is 0 Å². The summed E-state index contributed by atoms with van der Waals surface area (Å²) >= 11 is 4.34. The van der Waals surface area contributed by atoms with Crippen LogP contribution in [0.3, 0.4) is 0 Å². The largest absolute Gasteiger partial charge is 0.506 e. The zero-order valence-electron chi connectivity index (χ0n) is 9.60. The molecule has 0 bridgehead atoms. The molecule has 0 aliphatic rings. The van der Waals surface area contributed by atoms with E-state index in [4.69, 9.17) is 0 Å². The van der Waals surface area contributed by atoms with Crippen molar-refractivity contribution in [2.24, 2.45) is 0 Å². The molecule has 1 aromatic heterocycles. The van der Waals surface area contributed by atoms with Gasteiger partial charge in [0.15, 0.2) is 0 Å². The zero-order valence-corrected chi connectivity index (χ0v) is 10.5. The summed E-state index contributed by atoms with van der Waals surface area (Å²) in [5.41, 5.74) is 5.00. The third-order valence-electron chi connectivity index (χ3n) is 2.64. The van der Waals surface area contributed by atoms with Crippen LogP contribution in [-0.2, 0) is 0 Å². The van der Waals surface area contributed by atoms with Gasteiger partial charge < -0.3 is 10.1 Å². The van der Waals surface area contributed by atoms with Crippen molar-refractivity contribution < 1.29 is 5.11 Å². The number of allylic oxidation sites excluding steroid dienone is 2. The number of aryl methyl sites for hydroxylation is 1. The van der Waals surface area contributed by atoms with Crippen molar-refractivity contribution in [1.82, 2.24) is 4.98 Å². The van der Waals surface area contributed by atoms with Gasteiger partial charge in [-0.1, -0.05) is 6.58 Å². The average Bonchev–Trinajstić information content (AvgIpc) is 2.41. The molecule has 15 heavy (non-hydrogen) atoms. The second-order valence-corrected chi connectivity index (χ2v) is 4.45. The third-order valence-corrected chi connectivity index (χ3v) is 2.98. The highest BCUT2D eigenvalue weighted by Gasteiger charge is 2.14. The molecule has 0 aliphatic carbocycles. The molecule has 2 N–H and O–H groups in total. The Morgan fingerprint density at radius 3 is 2.20 bits per heavy atom. The van der Waals surface area contributed by atoms with E-state index in [9.17, 15) is 5.11 Å². The number of nitrogens with one attached hydrogen (secondary N) is 1. The molecule has 0 saturated carbocycles. The molecule has 0 atom stereocenters. The van der Waals surface area contributed by atoms with Crippen molar-refractivity contribution in [2.75, 3.05) is 0 Å². The van der Waals surface area contributed by atoms with Crippen LogP contribution in [-0.4, -0.2) is 10.1 Å². The molecular formula is C12H17NOS. The molecule has 82 valence electrons. The van der Waals surface area contributed by atoms with Gasteiger partial charge in [0.25, 0.3) is 0 Å². The maximum atomic E-state index is 9.40. The van der Waals surface area contributed by atoms with Crippen molar-refractivity contribution in [2.45, 2.75) is 27.7 Å². The first kappa shape index (κ1) is 12.0. The van der Waals surface area contributed by atoms with E-state index in [0.717, 1.165) is 27.3 Å². The first-order valence-corrected chi connectivity index (χ1v) is 5.25. The van der Waals surface area contributed by atoms with E-state index in [-0.39, 0.29) is 5.76 Å². The molecule has 0 radical (unpaired) electrons. The molecule has 0 spiro atoms. The maximum absolute atomic E-state index is 9.40. The van der Waals surface area contributed by atoms with Crippen LogP contribution >= 0.6 is 12.6 Å². The van der Waals surface area contributed by atoms with Gasteiger partial charge in [0, 0.05) is 11.3 Å². The number of aliphatic hydroxyl groups excluding tert-OH is 1. The Labute approximate surface area is 96.1 Å². The SMILES string of the molecule is C=C(O)c1[nH]c(C)c(/C(C)=C(/C)S)c1C. The van der Waals surface area contributed by atoms with Crippen LogP contribution in [0.15, 0.2) is 11.5 Å². The van der Waals surface area contributed by atoms with E-state index >= 15 is 0 Å². The normalized spacial score (nSPS) is 12.6. The van der Waals surface area contributed by atoms with Crippen molar-refractivity contribution in [3.8, 4) is 0 Å². The minimum atomic E-state index is 0.0754. The van der Waals surface area contributed by atoms with Gasteiger partial charge in [0.05, 0.1) is 5.69 Å². The number of aromatic amines is 1. The van der Waals surface area contributed by atoms with Gasteiger partial charge >= 0.3 is 0 Å². The van der Waals surface area contributed by atoms with Crippen LogP contribution in [0.25, 0.3) is 11.3 Å². The second kappa shape index (κ2) is 4.19. The summed E-state index contributed by atoms with van der Waals surface area (Å²) in [6.07, 6.45) is 0. The lowest BCUT2D eigenvalue weighted by molar-refractivity contribution is 0.510. The summed E-state index contributed by atoms with van der Waals surface area (Å²) in [5.74, 6) is 0.0754. The van der Waals surface area contributed by atoms with Gasteiger partial charge in [-0.25, -0.2) is 0 Å². The van der Waals surface area contributed by atoms with Gasteiger partial charge in [-0.3, -0.25) is 0 Å². The molecule has 0 amide bonds.